The number of ether oxygens (including phenoxy) is 1. The van der Waals surface area contributed by atoms with Crippen LogP contribution in [0.4, 0.5) is 0 Å². The van der Waals surface area contributed by atoms with E-state index in [0.717, 1.165) is 0 Å². The van der Waals surface area contributed by atoms with Gasteiger partial charge in [0.2, 0.25) is 0 Å². The van der Waals surface area contributed by atoms with Gasteiger partial charge in [0, 0.05) is 26.5 Å². The van der Waals surface area contributed by atoms with Gasteiger partial charge < -0.3 is 10.1 Å². The summed E-state index contributed by atoms with van der Waals surface area (Å²) in [7, 11) is -1.39. The Morgan fingerprint density at radius 1 is 1.13 bits per heavy atom. The van der Waals surface area contributed by atoms with Crippen LogP contribution in [0.3, 0.4) is 0 Å². The lowest BCUT2D eigenvalue weighted by molar-refractivity contribution is 0.0231. The minimum absolute atomic E-state index is 0.270. The molecule has 0 aromatic rings. The van der Waals surface area contributed by atoms with Gasteiger partial charge in [-0.15, -0.1) is 0 Å². The molecule has 0 aliphatic rings. The number of hydrogen-bond acceptors (Lipinski definition) is 4. The second-order valence-electron chi connectivity index (χ2n) is 5.10. The van der Waals surface area contributed by atoms with Crippen molar-refractivity contribution in [2.45, 2.75) is 38.0 Å². The van der Waals surface area contributed by atoms with Crippen LogP contribution in [0.25, 0.3) is 0 Å². The molecule has 0 saturated heterocycles. The van der Waals surface area contributed by atoms with E-state index in [2.05, 4.69) is 5.32 Å². The zero-order valence-electron chi connectivity index (χ0n) is 10.5. The van der Waals surface area contributed by atoms with Gasteiger partial charge in [-0.3, -0.25) is 0 Å². The second kappa shape index (κ2) is 4.80. The highest BCUT2D eigenvalue weighted by atomic mass is 32.2. The zero-order valence-corrected chi connectivity index (χ0v) is 11.4. The van der Waals surface area contributed by atoms with Crippen molar-refractivity contribution in [1.82, 2.24) is 5.32 Å². The quantitative estimate of drug-likeness (QED) is 0.743. The summed E-state index contributed by atoms with van der Waals surface area (Å²) >= 11 is 0. The summed E-state index contributed by atoms with van der Waals surface area (Å²) in [5.74, 6) is 0. The first-order valence-electron chi connectivity index (χ1n) is 4.97. The lowest BCUT2D eigenvalue weighted by Crippen LogP contribution is -2.46. The van der Waals surface area contributed by atoms with Crippen LogP contribution in [0.2, 0.25) is 0 Å². The molecule has 0 fully saturated rings. The standard InChI is InChI=1S/C10H23NO3S/c1-9(2,14-5)7-11-8-10(3,4)15(6,12)13/h11H,7-8H2,1-6H3. The highest BCUT2D eigenvalue weighted by Gasteiger charge is 2.30. The van der Waals surface area contributed by atoms with Crippen molar-refractivity contribution in [3.63, 3.8) is 0 Å². The molecule has 0 aromatic carbocycles. The molecule has 5 heteroatoms. The maximum absolute atomic E-state index is 11.4. The Bertz CT molecular complexity index is 294. The van der Waals surface area contributed by atoms with E-state index in [0.29, 0.717) is 13.1 Å². The van der Waals surface area contributed by atoms with Crippen LogP contribution in [0, 0.1) is 0 Å². The Kier molecular flexibility index (Phi) is 4.76. The number of hydrogen-bond donors (Lipinski definition) is 1. The topological polar surface area (TPSA) is 55.4 Å². The molecule has 0 unspecified atom stereocenters. The third-order valence-electron chi connectivity index (χ3n) is 2.66. The predicted molar refractivity (Wildman–Crippen MR) is 62.9 cm³/mol. The molecule has 1 N–H and O–H groups in total. The summed E-state index contributed by atoms with van der Waals surface area (Å²) < 4.78 is 27.3. The summed E-state index contributed by atoms with van der Waals surface area (Å²) in [6.07, 6.45) is 1.26. The molecule has 0 rings (SSSR count). The predicted octanol–water partition coefficient (Wildman–Crippen LogP) is 0.824. The van der Waals surface area contributed by atoms with E-state index in [4.69, 9.17) is 4.74 Å². The van der Waals surface area contributed by atoms with Crippen LogP contribution in [0.1, 0.15) is 27.7 Å². The van der Waals surface area contributed by atoms with Gasteiger partial charge in [-0.1, -0.05) is 0 Å². The van der Waals surface area contributed by atoms with E-state index in [1.165, 1.54) is 6.26 Å². The molecule has 0 radical (unpaired) electrons. The van der Waals surface area contributed by atoms with E-state index in [1.54, 1.807) is 21.0 Å². The lowest BCUT2D eigenvalue weighted by Gasteiger charge is -2.27. The van der Waals surface area contributed by atoms with Gasteiger partial charge in [0.25, 0.3) is 0 Å². The van der Waals surface area contributed by atoms with Crippen molar-refractivity contribution < 1.29 is 13.2 Å². The van der Waals surface area contributed by atoms with Crippen molar-refractivity contribution in [2.75, 3.05) is 26.5 Å². The first-order chi connectivity index (χ1) is 6.52. The monoisotopic (exact) mass is 237 g/mol. The molecule has 0 heterocycles. The van der Waals surface area contributed by atoms with Gasteiger partial charge in [0.15, 0.2) is 9.84 Å². The van der Waals surface area contributed by atoms with Gasteiger partial charge in [0.05, 0.1) is 10.3 Å². The molecule has 15 heavy (non-hydrogen) atoms. The summed E-state index contributed by atoms with van der Waals surface area (Å²) in [5, 5.41) is 3.12. The summed E-state index contributed by atoms with van der Waals surface area (Å²) in [5.41, 5.74) is -0.270. The van der Waals surface area contributed by atoms with E-state index in [1.807, 2.05) is 13.8 Å². The molecule has 0 saturated carbocycles. The molecule has 0 aliphatic heterocycles. The smallest absolute Gasteiger partial charge is 0.153 e. The number of nitrogens with one attached hydrogen (secondary N) is 1. The second-order valence-corrected chi connectivity index (χ2v) is 7.75. The largest absolute Gasteiger partial charge is 0.377 e. The van der Waals surface area contributed by atoms with Crippen LogP contribution in [0.15, 0.2) is 0 Å². The third-order valence-corrected chi connectivity index (χ3v) is 4.81. The Hall–Kier alpha value is -0.130. The fourth-order valence-corrected chi connectivity index (χ4v) is 1.23. The Labute approximate surface area is 93.3 Å². The van der Waals surface area contributed by atoms with Crippen LogP contribution in [0.5, 0.6) is 0 Å². The first-order valence-corrected chi connectivity index (χ1v) is 6.86. The maximum atomic E-state index is 11.4. The van der Waals surface area contributed by atoms with Crippen LogP contribution >= 0.6 is 0 Å². The average molecular weight is 237 g/mol. The first kappa shape index (κ1) is 14.9. The molecule has 0 atom stereocenters. The summed E-state index contributed by atoms with van der Waals surface area (Å²) in [6, 6.07) is 0. The van der Waals surface area contributed by atoms with Crippen molar-refractivity contribution >= 4 is 9.84 Å². The van der Waals surface area contributed by atoms with Gasteiger partial charge in [0.1, 0.15) is 0 Å². The molecule has 0 spiro atoms. The molecule has 0 amide bonds. The molecule has 0 bridgehead atoms. The fourth-order valence-electron chi connectivity index (χ4n) is 0.868. The van der Waals surface area contributed by atoms with Crippen molar-refractivity contribution in [1.29, 1.82) is 0 Å². The highest BCUT2D eigenvalue weighted by molar-refractivity contribution is 7.92. The third kappa shape index (κ3) is 4.95. The normalized spacial score (nSPS) is 14.3. The van der Waals surface area contributed by atoms with Crippen LogP contribution in [-0.4, -0.2) is 45.2 Å². The number of sulfone groups is 1. The van der Waals surface area contributed by atoms with E-state index in [9.17, 15) is 8.42 Å². The van der Waals surface area contributed by atoms with Crippen LogP contribution < -0.4 is 5.32 Å². The Morgan fingerprint density at radius 3 is 1.93 bits per heavy atom. The fraction of sp³-hybridized carbons (Fsp3) is 1.00. The molecule has 92 valence electrons. The van der Waals surface area contributed by atoms with Gasteiger partial charge in [-0.05, 0) is 27.7 Å². The minimum Gasteiger partial charge on any atom is -0.377 e. The number of methoxy groups -OCH3 is 1. The molecule has 0 aromatic heterocycles. The summed E-state index contributed by atoms with van der Waals surface area (Å²) in [6.45, 7) is 8.40. The molecule has 4 nitrogen and oxygen atoms in total. The van der Waals surface area contributed by atoms with E-state index < -0.39 is 14.6 Å². The molecule has 0 aliphatic carbocycles. The zero-order chi connectivity index (χ0) is 12.3. The average Bonchev–Trinajstić information content (AvgIpc) is 2.01. The maximum Gasteiger partial charge on any atom is 0.153 e. The van der Waals surface area contributed by atoms with Crippen molar-refractivity contribution in [2.24, 2.45) is 0 Å². The Balaban J connectivity index is 4.19. The van der Waals surface area contributed by atoms with E-state index in [-0.39, 0.29) is 5.60 Å². The van der Waals surface area contributed by atoms with Crippen LogP contribution in [-0.2, 0) is 14.6 Å². The molecular weight excluding hydrogens is 214 g/mol. The minimum atomic E-state index is -3.03. The lowest BCUT2D eigenvalue weighted by atomic mass is 10.1. The number of rotatable bonds is 6. The van der Waals surface area contributed by atoms with Gasteiger partial charge >= 0.3 is 0 Å². The van der Waals surface area contributed by atoms with Gasteiger partial charge in [-0.2, -0.15) is 0 Å². The molecular formula is C10H23NO3S. The van der Waals surface area contributed by atoms with Gasteiger partial charge in [-0.25, -0.2) is 8.42 Å². The SMILES string of the molecule is COC(C)(C)CNCC(C)(C)S(C)(=O)=O. The highest BCUT2D eigenvalue weighted by Crippen LogP contribution is 2.14. The van der Waals surface area contributed by atoms with Crippen molar-refractivity contribution in [3.8, 4) is 0 Å². The Morgan fingerprint density at radius 2 is 1.60 bits per heavy atom. The summed E-state index contributed by atoms with van der Waals surface area (Å²) in [4.78, 5) is 0. The van der Waals surface area contributed by atoms with E-state index >= 15 is 0 Å². The van der Waals surface area contributed by atoms with Crippen molar-refractivity contribution in [3.05, 3.63) is 0 Å².